The summed E-state index contributed by atoms with van der Waals surface area (Å²) in [5, 5.41) is 8.78. The maximum absolute atomic E-state index is 5.77. The van der Waals surface area contributed by atoms with Gasteiger partial charge in [-0.3, -0.25) is 0 Å². The van der Waals surface area contributed by atoms with Gasteiger partial charge >= 0.3 is 0 Å². The lowest BCUT2D eigenvalue weighted by atomic mass is 10.2. The van der Waals surface area contributed by atoms with Crippen molar-refractivity contribution in [2.75, 3.05) is 40.6 Å². The Morgan fingerprint density at radius 1 is 0.679 bits per heavy atom. The minimum absolute atomic E-state index is 0.406. The van der Waals surface area contributed by atoms with Gasteiger partial charge in [-0.25, -0.2) is 0 Å². The van der Waals surface area contributed by atoms with E-state index in [1.165, 1.54) is 0 Å². The van der Waals surface area contributed by atoms with Crippen molar-refractivity contribution in [1.29, 1.82) is 0 Å². The van der Waals surface area contributed by atoms with Crippen LogP contribution in [0.15, 0.2) is 31.3 Å². The molecule has 148 valence electrons. The van der Waals surface area contributed by atoms with Gasteiger partial charge < -0.3 is 28.4 Å². The zero-order valence-electron chi connectivity index (χ0n) is 15.1. The third-order valence-corrected chi connectivity index (χ3v) is 5.28. The number of halogens is 2. The van der Waals surface area contributed by atoms with Gasteiger partial charge in [0.05, 0.1) is 23.2 Å². The Morgan fingerprint density at radius 3 is 1.39 bits per heavy atom. The van der Waals surface area contributed by atoms with Gasteiger partial charge in [-0.1, -0.05) is 0 Å². The van der Waals surface area contributed by atoms with Crippen LogP contribution in [0.5, 0.6) is 34.5 Å². The van der Waals surface area contributed by atoms with Crippen LogP contribution in [0.1, 0.15) is 0 Å². The molecule has 0 radical (unpaired) electrons. The molecule has 2 aromatic carbocycles. The van der Waals surface area contributed by atoms with Crippen molar-refractivity contribution in [2.45, 2.75) is 0 Å². The molecule has 28 heavy (non-hydrogen) atoms. The quantitative estimate of drug-likeness (QED) is 0.521. The maximum Gasteiger partial charge on any atom is 0.194 e. The van der Waals surface area contributed by atoms with Crippen molar-refractivity contribution in [2.24, 2.45) is 10.2 Å². The van der Waals surface area contributed by atoms with Crippen molar-refractivity contribution in [1.82, 2.24) is 0 Å². The van der Waals surface area contributed by atoms with E-state index in [4.69, 9.17) is 28.4 Å². The Kier molecular flexibility index (Phi) is 5.49. The molecule has 2 aliphatic heterocycles. The Hall–Kier alpha value is -2.20. The Balaban J connectivity index is 1.85. The van der Waals surface area contributed by atoms with Gasteiger partial charge in [0.1, 0.15) is 26.4 Å². The van der Waals surface area contributed by atoms with Crippen LogP contribution >= 0.6 is 31.9 Å². The largest absolute Gasteiger partial charge is 0.494 e. The molecule has 2 aromatic rings. The number of rotatable bonds is 4. The van der Waals surface area contributed by atoms with Gasteiger partial charge in [-0.05, 0) is 31.9 Å². The monoisotopic (exact) mass is 514 g/mol. The molecule has 0 atom stereocenters. The Bertz CT molecular complexity index is 875. The number of benzene rings is 2. The SMILES string of the molecule is COc1cc(Br)c2c(c1N=Nc1c(OC)cc(Br)c3c1OCCO3)OCCO2. The number of hydrogen-bond donors (Lipinski definition) is 0. The maximum atomic E-state index is 5.77. The first kappa shape index (κ1) is 19.1. The van der Waals surface area contributed by atoms with Crippen molar-refractivity contribution >= 4 is 43.2 Å². The molecular weight excluding hydrogens is 500 g/mol. The van der Waals surface area contributed by atoms with Crippen LogP contribution in [0, 0.1) is 0 Å². The smallest absolute Gasteiger partial charge is 0.194 e. The van der Waals surface area contributed by atoms with E-state index >= 15 is 0 Å². The number of ether oxygens (including phenoxy) is 6. The molecule has 2 heterocycles. The summed E-state index contributed by atoms with van der Waals surface area (Å²) in [5.74, 6) is 3.02. The molecule has 4 rings (SSSR count). The summed E-state index contributed by atoms with van der Waals surface area (Å²) < 4.78 is 35.3. The number of methoxy groups -OCH3 is 2. The Labute approximate surface area is 178 Å². The average Bonchev–Trinajstić information content (AvgIpc) is 2.74. The second-order valence-corrected chi connectivity index (χ2v) is 7.44. The summed E-state index contributed by atoms with van der Waals surface area (Å²) in [4.78, 5) is 0. The highest BCUT2D eigenvalue weighted by atomic mass is 79.9. The van der Waals surface area contributed by atoms with E-state index in [1.807, 2.05) is 0 Å². The molecule has 0 aliphatic carbocycles. The summed E-state index contributed by atoms with van der Waals surface area (Å²) in [7, 11) is 3.10. The van der Waals surface area contributed by atoms with Gasteiger partial charge in [-0.15, -0.1) is 10.2 Å². The average molecular weight is 516 g/mol. The van der Waals surface area contributed by atoms with Crippen LogP contribution < -0.4 is 28.4 Å². The number of hydrogen-bond acceptors (Lipinski definition) is 8. The van der Waals surface area contributed by atoms with Gasteiger partial charge in [0.15, 0.2) is 45.9 Å². The van der Waals surface area contributed by atoms with Crippen molar-refractivity contribution < 1.29 is 28.4 Å². The minimum Gasteiger partial charge on any atom is -0.494 e. The van der Waals surface area contributed by atoms with Crippen LogP contribution in [0.4, 0.5) is 11.4 Å². The predicted molar refractivity (Wildman–Crippen MR) is 108 cm³/mol. The standard InChI is InChI=1S/C18H16Br2N2O6/c1-23-11-7-9(19)15-17(27-5-3-25-15)13(11)21-22-14-12(24-2)8-10(20)16-18(14)28-6-4-26-16/h7-8H,3-6H2,1-2H3. The molecule has 10 heteroatoms. The first-order valence-electron chi connectivity index (χ1n) is 8.38. The molecule has 0 fully saturated rings. The van der Waals surface area contributed by atoms with Crippen LogP contribution in [-0.4, -0.2) is 40.6 Å². The molecule has 2 aliphatic rings. The summed E-state index contributed by atoms with van der Waals surface area (Å²) in [5.41, 5.74) is 0.826. The number of azo groups is 1. The van der Waals surface area contributed by atoms with Gasteiger partial charge in [0.2, 0.25) is 0 Å². The first-order valence-corrected chi connectivity index (χ1v) is 9.96. The predicted octanol–water partition coefficient (Wildman–Crippen LogP) is 5.19. The van der Waals surface area contributed by atoms with Crippen molar-refractivity contribution in [3.8, 4) is 34.5 Å². The normalized spacial score (nSPS) is 14.9. The third-order valence-electron chi connectivity index (χ3n) is 4.10. The molecular formula is C18H16Br2N2O6. The molecule has 0 saturated heterocycles. The zero-order valence-corrected chi connectivity index (χ0v) is 18.3. The number of fused-ring (bicyclic) bond motifs is 2. The van der Waals surface area contributed by atoms with Gasteiger partial charge in [0, 0.05) is 12.1 Å². The fourth-order valence-electron chi connectivity index (χ4n) is 2.87. The summed E-state index contributed by atoms with van der Waals surface area (Å²) in [6.07, 6.45) is 0. The topological polar surface area (TPSA) is 80.1 Å². The fraction of sp³-hybridized carbons (Fsp3) is 0.333. The molecule has 0 unspecified atom stereocenters. The van der Waals surface area contributed by atoms with Crippen molar-refractivity contribution in [3.05, 3.63) is 21.1 Å². The van der Waals surface area contributed by atoms with E-state index in [0.717, 1.165) is 0 Å². The van der Waals surface area contributed by atoms with Gasteiger partial charge in [0.25, 0.3) is 0 Å². The second-order valence-electron chi connectivity index (χ2n) is 5.73. The molecule has 0 saturated carbocycles. The first-order chi connectivity index (χ1) is 13.6. The molecule has 0 bridgehead atoms. The zero-order chi connectivity index (χ0) is 19.7. The fourth-order valence-corrected chi connectivity index (χ4v) is 3.87. The minimum atomic E-state index is 0.406. The molecule has 0 spiro atoms. The van der Waals surface area contributed by atoms with E-state index < -0.39 is 0 Å². The highest BCUT2D eigenvalue weighted by Gasteiger charge is 2.26. The lowest BCUT2D eigenvalue weighted by Gasteiger charge is -2.23. The summed E-state index contributed by atoms with van der Waals surface area (Å²) in [6.45, 7) is 1.72. The van der Waals surface area contributed by atoms with Crippen LogP contribution in [0.25, 0.3) is 0 Å². The van der Waals surface area contributed by atoms with Crippen LogP contribution in [0.2, 0.25) is 0 Å². The molecule has 0 N–H and O–H groups in total. The van der Waals surface area contributed by atoms with Crippen LogP contribution in [-0.2, 0) is 0 Å². The molecule has 8 nitrogen and oxygen atoms in total. The third kappa shape index (κ3) is 3.35. The molecule has 0 aromatic heterocycles. The Morgan fingerprint density at radius 2 is 1.04 bits per heavy atom. The summed E-state index contributed by atoms with van der Waals surface area (Å²) >= 11 is 6.93. The number of nitrogens with zero attached hydrogens (tertiary/aromatic N) is 2. The van der Waals surface area contributed by atoms with Crippen molar-refractivity contribution in [3.63, 3.8) is 0 Å². The lowest BCUT2D eigenvalue weighted by molar-refractivity contribution is 0.170. The van der Waals surface area contributed by atoms with Gasteiger partial charge in [-0.2, -0.15) is 0 Å². The van der Waals surface area contributed by atoms with Crippen LogP contribution in [0.3, 0.4) is 0 Å². The lowest BCUT2D eigenvalue weighted by Crippen LogP contribution is -2.16. The summed E-state index contributed by atoms with van der Waals surface area (Å²) in [6, 6.07) is 3.52. The highest BCUT2D eigenvalue weighted by molar-refractivity contribution is 9.11. The highest BCUT2D eigenvalue weighted by Crippen LogP contribution is 2.53. The van der Waals surface area contributed by atoms with E-state index in [-0.39, 0.29) is 0 Å². The van der Waals surface area contributed by atoms with E-state index in [2.05, 4.69) is 42.1 Å². The van der Waals surface area contributed by atoms with E-state index in [0.29, 0.717) is 81.2 Å². The molecule has 0 amide bonds. The second kappa shape index (κ2) is 8.04. The van der Waals surface area contributed by atoms with E-state index in [9.17, 15) is 0 Å². The van der Waals surface area contributed by atoms with E-state index in [1.54, 1.807) is 26.4 Å².